The van der Waals surface area contributed by atoms with E-state index in [4.69, 9.17) is 9.47 Å². The zero-order valence-corrected chi connectivity index (χ0v) is 24.1. The number of carboxylic acid groups (broad SMARTS) is 1. The van der Waals surface area contributed by atoms with Crippen LogP contribution >= 0.6 is 15.9 Å². The SMILES string of the molecule is Cn1c(C(=O)O[C@H]2CN(C(=O)OC(C)(C)C)[C@@](CC[Si](C)(C)C)(C(=O)O)C2)cc2c(Br)cccc21. The number of carboxylic acids is 1. The zero-order valence-electron chi connectivity index (χ0n) is 21.5. The van der Waals surface area contributed by atoms with Gasteiger partial charge in [0.2, 0.25) is 0 Å². The number of hydrogen-bond donors (Lipinski definition) is 1. The number of carbonyl (C=O) groups excluding carboxylic acids is 2. The van der Waals surface area contributed by atoms with Gasteiger partial charge in [-0.05, 0) is 45.4 Å². The van der Waals surface area contributed by atoms with Crippen LogP contribution in [0.5, 0.6) is 0 Å². The Balaban J connectivity index is 1.91. The number of nitrogens with zero attached hydrogens (tertiary/aromatic N) is 2. The first kappa shape index (κ1) is 27.3. The predicted molar refractivity (Wildman–Crippen MR) is 141 cm³/mol. The van der Waals surface area contributed by atoms with Crippen molar-refractivity contribution in [1.82, 2.24) is 9.47 Å². The minimum absolute atomic E-state index is 0.0193. The number of fused-ring (bicyclic) bond motifs is 1. The number of amides is 1. The Morgan fingerprint density at radius 1 is 1.23 bits per heavy atom. The normalized spacial score (nSPS) is 20.8. The molecule has 35 heavy (non-hydrogen) atoms. The standard InChI is InChI=1S/C25H35BrN2O6Si/c1-24(2,3)34-23(32)28-15-16(14-25(28,22(30)31)11-12-35(5,6)7)33-21(29)20-13-17-18(26)9-8-10-19(17)27(20)4/h8-10,13,16H,11-12,14-15H2,1-7H3,(H,30,31)/t16-,25-/m1/s1. The Labute approximate surface area is 215 Å². The van der Waals surface area contributed by atoms with Crippen LogP contribution in [0.1, 0.15) is 44.1 Å². The van der Waals surface area contributed by atoms with Crippen LogP contribution in [0.4, 0.5) is 4.79 Å². The maximum Gasteiger partial charge on any atom is 0.411 e. The van der Waals surface area contributed by atoms with Gasteiger partial charge in [0.25, 0.3) is 0 Å². The predicted octanol–water partition coefficient (Wildman–Crippen LogP) is 5.66. The van der Waals surface area contributed by atoms with Crippen LogP contribution in [0.2, 0.25) is 25.7 Å². The number of aryl methyl sites for hydroxylation is 1. The first-order valence-corrected chi connectivity index (χ1v) is 16.2. The lowest BCUT2D eigenvalue weighted by Crippen LogP contribution is -2.54. The molecule has 0 radical (unpaired) electrons. The van der Waals surface area contributed by atoms with E-state index in [-0.39, 0.29) is 19.4 Å². The molecule has 1 aliphatic rings. The van der Waals surface area contributed by atoms with Gasteiger partial charge in [-0.25, -0.2) is 14.4 Å². The van der Waals surface area contributed by atoms with Crippen molar-refractivity contribution < 1.29 is 29.0 Å². The first-order valence-electron chi connectivity index (χ1n) is 11.7. The molecule has 1 aromatic carbocycles. The van der Waals surface area contributed by atoms with E-state index in [2.05, 4.69) is 35.6 Å². The van der Waals surface area contributed by atoms with Crippen LogP contribution in [0.15, 0.2) is 28.7 Å². The number of aliphatic carboxylic acids is 1. The molecule has 192 valence electrons. The average Bonchev–Trinajstić information content (AvgIpc) is 3.25. The van der Waals surface area contributed by atoms with Crippen LogP contribution in [0.3, 0.4) is 0 Å². The molecule has 10 heteroatoms. The molecular weight excluding hydrogens is 532 g/mol. The Kier molecular flexibility index (Phi) is 7.48. The summed E-state index contributed by atoms with van der Waals surface area (Å²) >= 11 is 3.51. The minimum atomic E-state index is -1.63. The summed E-state index contributed by atoms with van der Waals surface area (Å²) in [6, 6.07) is 8.14. The van der Waals surface area contributed by atoms with Crippen LogP contribution in [-0.4, -0.2) is 64.5 Å². The number of hydrogen-bond acceptors (Lipinski definition) is 5. The van der Waals surface area contributed by atoms with Crippen molar-refractivity contribution >= 4 is 52.9 Å². The van der Waals surface area contributed by atoms with E-state index in [0.717, 1.165) is 15.4 Å². The van der Waals surface area contributed by atoms with Crippen molar-refractivity contribution in [1.29, 1.82) is 0 Å². The molecule has 0 spiro atoms. The highest BCUT2D eigenvalue weighted by molar-refractivity contribution is 9.10. The van der Waals surface area contributed by atoms with Gasteiger partial charge in [0.15, 0.2) is 0 Å². The van der Waals surface area contributed by atoms with E-state index in [1.165, 1.54) is 4.90 Å². The number of benzene rings is 1. The molecule has 2 heterocycles. The van der Waals surface area contributed by atoms with Gasteiger partial charge in [0, 0.05) is 36.9 Å². The van der Waals surface area contributed by atoms with Gasteiger partial charge in [0.05, 0.1) is 6.54 Å². The van der Waals surface area contributed by atoms with Crippen molar-refractivity contribution in [3.8, 4) is 0 Å². The maximum atomic E-state index is 13.2. The second kappa shape index (κ2) is 9.61. The molecule has 1 amide bonds. The lowest BCUT2D eigenvalue weighted by molar-refractivity contribution is -0.149. The summed E-state index contributed by atoms with van der Waals surface area (Å²) < 4.78 is 14.0. The van der Waals surface area contributed by atoms with Gasteiger partial charge in [0.1, 0.15) is 22.9 Å². The topological polar surface area (TPSA) is 98.1 Å². The Morgan fingerprint density at radius 3 is 2.43 bits per heavy atom. The first-order chi connectivity index (χ1) is 16.0. The Bertz CT molecular complexity index is 1150. The van der Waals surface area contributed by atoms with Gasteiger partial charge in [-0.1, -0.05) is 47.7 Å². The molecule has 3 rings (SSSR count). The fourth-order valence-electron chi connectivity index (χ4n) is 4.44. The smallest absolute Gasteiger partial charge is 0.411 e. The molecule has 1 saturated heterocycles. The van der Waals surface area contributed by atoms with E-state index >= 15 is 0 Å². The highest BCUT2D eigenvalue weighted by Gasteiger charge is 2.56. The maximum absolute atomic E-state index is 13.2. The average molecular weight is 568 g/mol. The van der Waals surface area contributed by atoms with Crippen molar-refractivity contribution in [3.05, 3.63) is 34.4 Å². The number of esters is 1. The quantitative estimate of drug-likeness (QED) is 0.358. The molecule has 0 unspecified atom stereocenters. The van der Waals surface area contributed by atoms with Gasteiger partial charge in [-0.15, -0.1) is 0 Å². The third-order valence-electron chi connectivity index (χ3n) is 6.29. The number of likely N-dealkylation sites (tertiary alicyclic amines) is 1. The lowest BCUT2D eigenvalue weighted by atomic mass is 9.92. The van der Waals surface area contributed by atoms with Crippen LogP contribution in [0, 0.1) is 0 Å². The second-order valence-corrected chi connectivity index (χ2v) is 18.0. The van der Waals surface area contributed by atoms with E-state index in [1.807, 2.05) is 18.2 Å². The fourth-order valence-corrected chi connectivity index (χ4v) is 6.07. The van der Waals surface area contributed by atoms with E-state index < -0.39 is 43.3 Å². The number of halogens is 1. The largest absolute Gasteiger partial charge is 0.479 e. The Morgan fingerprint density at radius 2 is 1.89 bits per heavy atom. The summed E-state index contributed by atoms with van der Waals surface area (Å²) in [5.41, 5.74) is -1.06. The van der Waals surface area contributed by atoms with Gasteiger partial charge in [-0.2, -0.15) is 0 Å². The van der Waals surface area contributed by atoms with E-state index in [0.29, 0.717) is 11.7 Å². The molecule has 1 N–H and O–H groups in total. The number of ether oxygens (including phenoxy) is 2. The summed E-state index contributed by atoms with van der Waals surface area (Å²) in [7, 11) is 0.155. The summed E-state index contributed by atoms with van der Waals surface area (Å²) in [5, 5.41) is 11.2. The molecule has 1 aromatic heterocycles. The summed E-state index contributed by atoms with van der Waals surface area (Å²) in [6.45, 7) is 11.6. The Hall–Kier alpha value is -2.33. The molecular formula is C25H35BrN2O6Si. The van der Waals surface area contributed by atoms with E-state index in [9.17, 15) is 19.5 Å². The molecule has 0 bridgehead atoms. The van der Waals surface area contributed by atoms with Crippen LogP contribution < -0.4 is 0 Å². The van der Waals surface area contributed by atoms with Gasteiger partial charge < -0.3 is 19.1 Å². The van der Waals surface area contributed by atoms with Crippen molar-refractivity contribution in [2.24, 2.45) is 7.05 Å². The van der Waals surface area contributed by atoms with Crippen molar-refractivity contribution in [3.63, 3.8) is 0 Å². The number of carbonyl (C=O) groups is 3. The molecule has 0 saturated carbocycles. The van der Waals surface area contributed by atoms with Crippen LogP contribution in [0.25, 0.3) is 10.9 Å². The third kappa shape index (κ3) is 5.91. The number of aromatic nitrogens is 1. The summed E-state index contributed by atoms with van der Waals surface area (Å²) in [5.74, 6) is -1.66. The molecule has 0 aliphatic carbocycles. The summed E-state index contributed by atoms with van der Waals surface area (Å²) in [4.78, 5) is 40.2. The highest BCUT2D eigenvalue weighted by Crippen LogP contribution is 2.39. The van der Waals surface area contributed by atoms with Crippen molar-refractivity contribution in [2.45, 2.75) is 76.5 Å². The zero-order chi connectivity index (χ0) is 26.3. The van der Waals surface area contributed by atoms with Gasteiger partial charge in [-0.3, -0.25) is 4.90 Å². The monoisotopic (exact) mass is 566 g/mol. The molecule has 1 fully saturated rings. The molecule has 2 atom stereocenters. The minimum Gasteiger partial charge on any atom is -0.479 e. The number of rotatable bonds is 6. The molecule has 2 aromatic rings. The van der Waals surface area contributed by atoms with Gasteiger partial charge >= 0.3 is 18.0 Å². The van der Waals surface area contributed by atoms with Crippen molar-refractivity contribution in [2.75, 3.05) is 6.54 Å². The fraction of sp³-hybridized carbons (Fsp3) is 0.560. The molecule has 8 nitrogen and oxygen atoms in total. The second-order valence-electron chi connectivity index (χ2n) is 11.5. The molecule has 1 aliphatic heterocycles. The van der Waals surface area contributed by atoms with Crippen LogP contribution in [-0.2, 0) is 21.3 Å². The lowest BCUT2D eigenvalue weighted by Gasteiger charge is -2.36. The highest BCUT2D eigenvalue weighted by atomic mass is 79.9. The third-order valence-corrected chi connectivity index (χ3v) is 8.73. The van der Waals surface area contributed by atoms with E-state index in [1.54, 1.807) is 38.5 Å². The summed E-state index contributed by atoms with van der Waals surface area (Å²) in [6.07, 6.45) is -1.17.